The smallest absolute Gasteiger partial charge is 0.227 e. The van der Waals surface area contributed by atoms with Crippen LogP contribution in [0.2, 0.25) is 0 Å². The van der Waals surface area contributed by atoms with E-state index in [2.05, 4.69) is 11.5 Å². The van der Waals surface area contributed by atoms with Crippen LogP contribution in [0.4, 0.5) is 0 Å². The zero-order valence-electron chi connectivity index (χ0n) is 8.37. The second-order valence-corrected chi connectivity index (χ2v) is 2.99. The Morgan fingerprint density at radius 1 is 1.21 bits per heavy atom. The average Bonchev–Trinajstić information content (AvgIpc) is 2.03. The van der Waals surface area contributed by atoms with E-state index in [4.69, 9.17) is 5.73 Å². The maximum Gasteiger partial charge on any atom is 0.227 e. The number of nitrogens with two attached hydrogens (primary N) is 3. The molecule has 0 spiro atoms. The first-order valence-corrected chi connectivity index (χ1v) is 4.86. The fourth-order valence-electron chi connectivity index (χ4n) is 0.203. The van der Waals surface area contributed by atoms with Crippen molar-refractivity contribution in [2.45, 2.75) is 21.3 Å². The maximum absolute atomic E-state index is 9.96. The molecule has 0 aromatic heterocycles. The van der Waals surface area contributed by atoms with Gasteiger partial charge in [0.2, 0.25) is 11.8 Å². The van der Waals surface area contributed by atoms with Crippen LogP contribution in [0.5, 0.6) is 0 Å². The summed E-state index contributed by atoms with van der Waals surface area (Å²) in [5.74, 6) is 0.853. The lowest BCUT2D eigenvalue weighted by molar-refractivity contribution is -0.116. The molecule has 5 nitrogen and oxygen atoms in total. The van der Waals surface area contributed by atoms with Gasteiger partial charge >= 0.3 is 0 Å². The highest BCUT2D eigenvalue weighted by Gasteiger charge is 1.88. The van der Waals surface area contributed by atoms with Crippen LogP contribution in [-0.2, 0) is 9.59 Å². The van der Waals surface area contributed by atoms with E-state index in [1.165, 1.54) is 14.0 Å². The van der Waals surface area contributed by atoms with E-state index >= 15 is 0 Å². The number of primary amides is 2. The van der Waals surface area contributed by atoms with E-state index in [0.717, 1.165) is 5.75 Å². The second kappa shape index (κ2) is 22.8. The van der Waals surface area contributed by atoms with Gasteiger partial charge in [-0.3, -0.25) is 9.59 Å². The third-order valence-corrected chi connectivity index (χ3v) is 1.35. The molecule has 0 aliphatic heterocycles. The molecule has 0 saturated carbocycles. The molecule has 0 aromatic rings. The molecule has 0 unspecified atom stereocenters. The lowest BCUT2D eigenvalue weighted by Crippen LogP contribution is -2.13. The Bertz CT molecular complexity index is 128. The first-order valence-electron chi connectivity index (χ1n) is 3.70. The molecule has 6 N–H and O–H groups in total. The number of amides is 2. The molecule has 0 radical (unpaired) electrons. The van der Waals surface area contributed by atoms with E-state index < -0.39 is 0 Å². The molecule has 0 aliphatic carbocycles. The molecule has 88 valence electrons. The Balaban J connectivity index is -0.0000000620. The van der Waals surface area contributed by atoms with Crippen molar-refractivity contribution in [2.24, 2.45) is 17.2 Å². The van der Waals surface area contributed by atoms with Crippen LogP contribution in [0, 0.1) is 0 Å². The van der Waals surface area contributed by atoms with Crippen LogP contribution in [0.1, 0.15) is 21.3 Å². The first-order chi connectivity index (χ1) is 6.00. The molecule has 0 aliphatic rings. The van der Waals surface area contributed by atoms with Gasteiger partial charge in [-0.25, -0.2) is 0 Å². The highest BCUT2D eigenvalue weighted by molar-refractivity contribution is 7.99. The summed E-state index contributed by atoms with van der Waals surface area (Å²) in [5.41, 5.74) is 13.8. The fourth-order valence-corrected chi connectivity index (χ4v) is 0.608. The minimum absolute atomic E-state index is 0. The number of hydrogen-bond acceptors (Lipinski definition) is 4. The summed E-state index contributed by atoms with van der Waals surface area (Å²) >= 11 is 1.54. The van der Waals surface area contributed by atoms with Crippen molar-refractivity contribution >= 4 is 23.6 Å². The molecular weight excluding hydrogens is 202 g/mol. The zero-order valence-corrected chi connectivity index (χ0v) is 9.19. The van der Waals surface area contributed by atoms with Gasteiger partial charge in [0.1, 0.15) is 0 Å². The van der Waals surface area contributed by atoms with Crippen molar-refractivity contribution in [2.75, 3.05) is 18.6 Å². The van der Waals surface area contributed by atoms with Gasteiger partial charge in [-0.1, -0.05) is 14.4 Å². The Morgan fingerprint density at radius 2 is 1.50 bits per heavy atom. The molecule has 0 atom stereocenters. The third-order valence-electron chi connectivity index (χ3n) is 0.448. The van der Waals surface area contributed by atoms with Gasteiger partial charge in [0.05, 0.1) is 5.75 Å². The van der Waals surface area contributed by atoms with Crippen LogP contribution in [0.15, 0.2) is 0 Å². The van der Waals surface area contributed by atoms with Crippen molar-refractivity contribution in [3.8, 4) is 0 Å². The van der Waals surface area contributed by atoms with Crippen molar-refractivity contribution in [1.82, 2.24) is 0 Å². The van der Waals surface area contributed by atoms with Crippen molar-refractivity contribution in [3.63, 3.8) is 0 Å². The number of thioether (sulfide) groups is 1. The molecule has 0 rings (SSSR count). The highest BCUT2D eigenvalue weighted by Crippen LogP contribution is 1.94. The Kier molecular flexibility index (Phi) is 37.8. The minimum atomic E-state index is -0.333. The van der Waals surface area contributed by atoms with Crippen LogP contribution < -0.4 is 17.2 Å². The standard InChI is InChI=1S/C4H9NOS.C2H5NO.CH5N.CH4/c1-2-7-3-4(5)6;1-2(3)4;1-2;/h2-3H2,1H3,(H2,5,6);1H3,(H2,3,4);2H2,1H3;1H4. The van der Waals surface area contributed by atoms with E-state index in [1.807, 2.05) is 6.92 Å². The normalized spacial score (nSPS) is 6.57. The number of rotatable bonds is 3. The summed E-state index contributed by atoms with van der Waals surface area (Å²) in [5, 5.41) is 0. The summed E-state index contributed by atoms with van der Waals surface area (Å²) in [6.45, 7) is 3.30. The summed E-state index contributed by atoms with van der Waals surface area (Å²) < 4.78 is 0. The highest BCUT2D eigenvalue weighted by atomic mass is 32.2. The monoisotopic (exact) mass is 225 g/mol. The van der Waals surface area contributed by atoms with Crippen molar-refractivity contribution in [1.29, 1.82) is 0 Å². The van der Waals surface area contributed by atoms with Crippen molar-refractivity contribution < 1.29 is 9.59 Å². The predicted molar refractivity (Wildman–Crippen MR) is 63.9 cm³/mol. The summed E-state index contributed by atoms with van der Waals surface area (Å²) in [6.07, 6.45) is 0. The Hall–Kier alpha value is -0.750. The SMILES string of the molecule is C.CC(N)=O.CCSCC(N)=O.CN. The molecule has 6 heteroatoms. The number of hydrogen-bond donors (Lipinski definition) is 3. The zero-order chi connectivity index (χ0) is 11.3. The van der Waals surface area contributed by atoms with E-state index in [-0.39, 0.29) is 19.2 Å². The van der Waals surface area contributed by atoms with Crippen LogP contribution >= 0.6 is 11.8 Å². The van der Waals surface area contributed by atoms with E-state index in [0.29, 0.717) is 5.75 Å². The van der Waals surface area contributed by atoms with Gasteiger partial charge in [-0.2, -0.15) is 11.8 Å². The maximum atomic E-state index is 9.96. The van der Waals surface area contributed by atoms with Gasteiger partial charge in [-0.15, -0.1) is 0 Å². The largest absolute Gasteiger partial charge is 0.370 e. The lowest BCUT2D eigenvalue weighted by atomic mass is 10.8. The summed E-state index contributed by atoms with van der Waals surface area (Å²) in [7, 11) is 1.50. The van der Waals surface area contributed by atoms with Crippen LogP contribution in [0.25, 0.3) is 0 Å². The summed E-state index contributed by atoms with van der Waals surface area (Å²) in [4.78, 5) is 19.2. The van der Waals surface area contributed by atoms with E-state index in [9.17, 15) is 9.59 Å². The average molecular weight is 225 g/mol. The number of carbonyl (C=O) groups excluding carboxylic acids is 2. The van der Waals surface area contributed by atoms with Gasteiger partial charge in [-0.05, 0) is 12.8 Å². The molecule has 2 amide bonds. The van der Waals surface area contributed by atoms with E-state index in [1.54, 1.807) is 11.8 Å². The summed E-state index contributed by atoms with van der Waals surface area (Å²) in [6, 6.07) is 0. The lowest BCUT2D eigenvalue weighted by Gasteiger charge is -1.87. The van der Waals surface area contributed by atoms with Crippen LogP contribution in [0.3, 0.4) is 0 Å². The van der Waals surface area contributed by atoms with Gasteiger partial charge in [0.25, 0.3) is 0 Å². The quantitative estimate of drug-likeness (QED) is 0.624. The topological polar surface area (TPSA) is 112 Å². The van der Waals surface area contributed by atoms with Gasteiger partial charge in [0, 0.05) is 6.92 Å². The molecule has 0 bridgehead atoms. The molecule has 0 heterocycles. The molecular formula is C8H23N3O2S. The molecule has 0 aromatic carbocycles. The molecule has 14 heavy (non-hydrogen) atoms. The second-order valence-electron chi connectivity index (χ2n) is 1.71. The van der Waals surface area contributed by atoms with Crippen molar-refractivity contribution in [3.05, 3.63) is 0 Å². The Labute approximate surface area is 90.8 Å². The number of carbonyl (C=O) groups is 2. The molecule has 0 fully saturated rings. The molecule has 0 saturated heterocycles. The van der Waals surface area contributed by atoms with Gasteiger partial charge < -0.3 is 17.2 Å². The predicted octanol–water partition coefficient (Wildman–Crippen LogP) is -0.0726. The Morgan fingerprint density at radius 3 is 1.57 bits per heavy atom. The first kappa shape index (κ1) is 23.2. The third kappa shape index (κ3) is 112. The van der Waals surface area contributed by atoms with Gasteiger partial charge in [0.15, 0.2) is 0 Å². The van der Waals surface area contributed by atoms with Crippen LogP contribution in [-0.4, -0.2) is 30.4 Å². The fraction of sp³-hybridized carbons (Fsp3) is 0.750. The minimum Gasteiger partial charge on any atom is -0.370 e.